The molecule has 0 bridgehead atoms. The van der Waals surface area contributed by atoms with Crippen LogP contribution in [0.1, 0.15) is 0 Å². The molecule has 0 spiro atoms. The third kappa shape index (κ3) is 7.48. The number of benzene rings is 3. The number of rotatable bonds is 8. The van der Waals surface area contributed by atoms with Gasteiger partial charge in [-0.25, -0.2) is 8.42 Å². The average molecular weight is 514 g/mol. The Morgan fingerprint density at radius 1 is 1.06 bits per heavy atom. The first-order chi connectivity index (χ1) is 14.7. The first-order valence-corrected chi connectivity index (χ1v) is 10.1. The molecule has 0 heterocycles. The summed E-state index contributed by atoms with van der Waals surface area (Å²) in [5, 5.41) is 31.9. The van der Waals surface area contributed by atoms with Crippen molar-refractivity contribution in [2.45, 2.75) is 9.79 Å². The van der Waals surface area contributed by atoms with E-state index >= 15 is 0 Å². The third-order valence-corrected chi connectivity index (χ3v) is 5.28. The van der Waals surface area contributed by atoms with E-state index in [-0.39, 0.29) is 86.2 Å². The molecule has 3 aromatic carbocycles. The molecule has 33 heavy (non-hydrogen) atoms. The van der Waals surface area contributed by atoms with Crippen LogP contribution in [0.25, 0.3) is 10.8 Å². The molecule has 0 saturated heterocycles. The van der Waals surface area contributed by atoms with Crippen molar-refractivity contribution in [3.8, 4) is 11.5 Å². The van der Waals surface area contributed by atoms with Gasteiger partial charge in [-0.2, -0.15) is 15.3 Å². The van der Waals surface area contributed by atoms with E-state index in [9.17, 15) is 23.3 Å². The molecule has 0 unspecified atom stereocenters. The van der Waals surface area contributed by atoms with E-state index in [4.69, 9.17) is 11.6 Å². The summed E-state index contributed by atoms with van der Waals surface area (Å²) < 4.78 is 38.3. The number of nitrogens with zero attached hydrogens (tertiary/aromatic N) is 2. The van der Waals surface area contributed by atoms with Crippen LogP contribution in [0.3, 0.4) is 0 Å². The van der Waals surface area contributed by atoms with Crippen LogP contribution in [0.4, 0.5) is 17.1 Å². The van der Waals surface area contributed by atoms with E-state index in [1.54, 1.807) is 0 Å². The van der Waals surface area contributed by atoms with Crippen molar-refractivity contribution in [1.82, 2.24) is 0 Å². The van der Waals surface area contributed by atoms with Crippen molar-refractivity contribution in [2.24, 2.45) is 16.1 Å². The minimum absolute atomic E-state index is 0. The predicted octanol–water partition coefficient (Wildman–Crippen LogP) is -4.13. The number of hydrogen-bond donors (Lipinski definition) is 3. The number of nitrogen functional groups attached to an aromatic ring is 1. The van der Waals surface area contributed by atoms with E-state index < -0.39 is 20.8 Å². The van der Waals surface area contributed by atoms with E-state index in [0.29, 0.717) is 23.5 Å². The monoisotopic (exact) mass is 514 g/mol. The fourth-order valence-corrected chi connectivity index (χ4v) is 3.62. The molecule has 3 aromatic rings. The van der Waals surface area contributed by atoms with Crippen LogP contribution in [-0.2, 0) is 24.5 Å². The van der Waals surface area contributed by atoms with E-state index in [1.165, 1.54) is 30.3 Å². The summed E-state index contributed by atoms with van der Waals surface area (Å²) in [6.07, 6.45) is 0. The van der Waals surface area contributed by atoms with Gasteiger partial charge in [0, 0.05) is 5.39 Å². The van der Waals surface area contributed by atoms with Crippen LogP contribution < -0.4 is 80.9 Å². The molecular formula is C16H12N4Na2O9S2. The fourth-order valence-electron chi connectivity index (χ4n) is 2.58. The van der Waals surface area contributed by atoms with Crippen molar-refractivity contribution >= 4 is 50.0 Å². The summed E-state index contributed by atoms with van der Waals surface area (Å²) in [5.74, 6) is 4.54. The molecule has 13 nitrogen and oxygen atoms in total. The van der Waals surface area contributed by atoms with Crippen LogP contribution in [0.2, 0.25) is 0 Å². The average Bonchev–Trinajstić information content (AvgIpc) is 2.72. The second-order valence-electron chi connectivity index (χ2n) is 5.72. The SMILES string of the molecule is NOOc1ccc(N=Nc2c(SOO[O-])cc3cc(S(=O)(=O)[O-])cc(O)c3c2N)cc1.[Na+].[Na+]. The maximum Gasteiger partial charge on any atom is 1.00 e. The zero-order valence-corrected chi connectivity index (χ0v) is 22.8. The standard InChI is InChI=1S/C16H14N4O9S2.2Na/c17-15-14-8(5-11(7-12(14)21)31(23,24)25)6-13(30-29-28-22)16(15)20-19-9-1-3-10(4-2-9)26-27-18;;/h1-7,21-22H,17-18H2,(H,23,24,25);;/q;2*+1/p-2. The van der Waals surface area contributed by atoms with E-state index in [2.05, 4.69) is 29.5 Å². The van der Waals surface area contributed by atoms with Gasteiger partial charge in [0.2, 0.25) is 0 Å². The van der Waals surface area contributed by atoms with Gasteiger partial charge in [0.1, 0.15) is 21.6 Å². The first-order valence-electron chi connectivity index (χ1n) is 7.98. The number of phenols is 1. The molecule has 0 saturated carbocycles. The normalized spacial score (nSPS) is 11.2. The van der Waals surface area contributed by atoms with Gasteiger partial charge in [0.15, 0.2) is 5.75 Å². The zero-order valence-electron chi connectivity index (χ0n) is 17.1. The molecule has 5 N–H and O–H groups in total. The zero-order chi connectivity index (χ0) is 22.6. The summed E-state index contributed by atoms with van der Waals surface area (Å²) in [4.78, 5) is 8.08. The van der Waals surface area contributed by atoms with Gasteiger partial charge >= 0.3 is 59.1 Å². The second kappa shape index (κ2) is 13.2. The number of phenolic OH excluding ortho intramolecular Hbond substituents is 1. The van der Waals surface area contributed by atoms with Crippen molar-refractivity contribution in [3.05, 3.63) is 42.5 Å². The third-order valence-electron chi connectivity index (χ3n) is 3.85. The van der Waals surface area contributed by atoms with Crippen molar-refractivity contribution < 1.29 is 102 Å². The molecule has 164 valence electrons. The quantitative estimate of drug-likeness (QED) is 0.0497. The molecule has 0 radical (unpaired) electrons. The smallest absolute Gasteiger partial charge is 0.744 e. The number of aromatic hydroxyl groups is 1. The van der Waals surface area contributed by atoms with Crippen molar-refractivity contribution in [3.63, 3.8) is 0 Å². The summed E-state index contributed by atoms with van der Waals surface area (Å²) in [6, 6.07) is 9.08. The molecule has 0 aromatic heterocycles. The topological polar surface area (TPSA) is 214 Å². The largest absolute Gasteiger partial charge is 1.00 e. The number of fused-ring (bicyclic) bond motifs is 1. The molecule has 17 heteroatoms. The Balaban J connectivity index is 0.00000272. The number of nitrogens with two attached hydrogens (primary N) is 2. The van der Waals surface area contributed by atoms with Gasteiger partial charge in [-0.1, -0.05) is 4.99 Å². The molecule has 0 atom stereocenters. The predicted molar refractivity (Wildman–Crippen MR) is 103 cm³/mol. The van der Waals surface area contributed by atoms with Gasteiger partial charge in [-0.3, -0.25) is 5.04 Å². The number of azo groups is 1. The molecule has 0 amide bonds. The maximum atomic E-state index is 11.3. The summed E-state index contributed by atoms with van der Waals surface area (Å²) >= 11 is 0.411. The molecular weight excluding hydrogens is 502 g/mol. The first kappa shape index (κ1) is 30.0. The minimum atomic E-state index is -4.86. The van der Waals surface area contributed by atoms with Gasteiger partial charge in [0.25, 0.3) is 0 Å². The number of anilines is 1. The second-order valence-corrected chi connectivity index (χ2v) is 7.85. The Labute approximate surface area is 235 Å². The molecule has 0 aliphatic rings. The molecule has 0 fully saturated rings. The summed E-state index contributed by atoms with van der Waals surface area (Å²) in [7, 11) is -4.86. The Morgan fingerprint density at radius 3 is 2.30 bits per heavy atom. The van der Waals surface area contributed by atoms with Gasteiger partial charge in [-0.15, -0.1) is 5.11 Å². The Bertz CT molecular complexity index is 1250. The van der Waals surface area contributed by atoms with Crippen LogP contribution in [0.15, 0.2) is 62.5 Å². The van der Waals surface area contributed by atoms with Crippen molar-refractivity contribution in [2.75, 3.05) is 5.73 Å². The Kier molecular flexibility index (Phi) is 12.0. The molecule has 0 aliphatic carbocycles. The number of hydrogen-bond acceptors (Lipinski definition) is 14. The van der Waals surface area contributed by atoms with Crippen LogP contribution >= 0.6 is 12.0 Å². The Morgan fingerprint density at radius 2 is 1.73 bits per heavy atom. The molecule has 0 aliphatic heterocycles. The summed E-state index contributed by atoms with van der Waals surface area (Å²) in [5.41, 5.74) is 6.32. The summed E-state index contributed by atoms with van der Waals surface area (Å²) in [6.45, 7) is 0. The maximum absolute atomic E-state index is 11.3. The van der Waals surface area contributed by atoms with Crippen LogP contribution in [0.5, 0.6) is 11.5 Å². The van der Waals surface area contributed by atoms with Gasteiger partial charge in [-0.05, 0) is 47.9 Å². The minimum Gasteiger partial charge on any atom is -0.744 e. The fraction of sp³-hybridized carbons (Fsp3) is 0. The molecule has 3 rings (SSSR count). The van der Waals surface area contributed by atoms with Crippen molar-refractivity contribution in [1.29, 1.82) is 0 Å². The van der Waals surface area contributed by atoms with Gasteiger partial charge in [0.05, 0.1) is 33.2 Å². The van der Waals surface area contributed by atoms with Crippen LogP contribution in [-0.4, -0.2) is 18.1 Å². The van der Waals surface area contributed by atoms with Gasteiger partial charge < -0.3 is 25.5 Å². The van der Waals surface area contributed by atoms with E-state index in [0.717, 1.165) is 12.1 Å². The van der Waals surface area contributed by atoms with Crippen LogP contribution in [0, 0.1) is 0 Å². The Hall–Kier alpha value is -1.02. The van der Waals surface area contributed by atoms with E-state index in [1.807, 2.05) is 0 Å².